The standard InChI is InChI=1S/C31H59N7O8.4CH4/c1-32-14-8-6-12-25(34-3)27(41)18-22(11-5-10-16-36-31(46)26(35-4)13-7-9-15-33-2)29(44)37-19-24(40)17-23(21-39)30(45)38-20-28(42)43;;;;/h22-23,25-26,32-35,39H,5-21H2,1-4H3,(H,36,46)(H,37,44)(H,38,45)(H,42,43);4*1H4. The highest BCUT2D eigenvalue weighted by molar-refractivity contribution is 5.93. The van der Waals surface area contributed by atoms with E-state index in [0.717, 1.165) is 45.2 Å². The quantitative estimate of drug-likeness (QED) is 0.0478. The molecule has 15 nitrogen and oxygen atoms in total. The summed E-state index contributed by atoms with van der Waals surface area (Å²) < 4.78 is 0. The van der Waals surface area contributed by atoms with Crippen molar-refractivity contribution in [3.05, 3.63) is 0 Å². The van der Waals surface area contributed by atoms with E-state index in [-0.39, 0.29) is 60.3 Å². The van der Waals surface area contributed by atoms with Crippen LogP contribution in [0.3, 0.4) is 0 Å². The van der Waals surface area contributed by atoms with Crippen molar-refractivity contribution >= 4 is 35.3 Å². The maximum absolute atomic E-state index is 13.2. The lowest BCUT2D eigenvalue weighted by molar-refractivity contribution is -0.139. The predicted octanol–water partition coefficient (Wildman–Crippen LogP) is 1.23. The summed E-state index contributed by atoms with van der Waals surface area (Å²) in [4.78, 5) is 74.2. The average molecular weight is 722 g/mol. The maximum Gasteiger partial charge on any atom is 0.322 e. The highest BCUT2D eigenvalue weighted by atomic mass is 16.4. The summed E-state index contributed by atoms with van der Waals surface area (Å²) in [5.74, 6) is -5.05. The number of carboxylic acid groups (broad SMARTS) is 1. The lowest BCUT2D eigenvalue weighted by Crippen LogP contribution is -2.43. The van der Waals surface area contributed by atoms with E-state index in [1.807, 2.05) is 14.1 Å². The van der Waals surface area contributed by atoms with Gasteiger partial charge in [-0.2, -0.15) is 0 Å². The predicted molar refractivity (Wildman–Crippen MR) is 202 cm³/mol. The number of Topliss-reactive ketones (excluding diaryl/α,β-unsaturated/α-hetero) is 2. The van der Waals surface area contributed by atoms with Gasteiger partial charge in [0.15, 0.2) is 11.6 Å². The fourth-order valence-electron chi connectivity index (χ4n) is 4.96. The molecule has 15 heteroatoms. The third kappa shape index (κ3) is 26.8. The Labute approximate surface area is 303 Å². The molecule has 4 atom stereocenters. The molecule has 3 amide bonds. The van der Waals surface area contributed by atoms with E-state index in [2.05, 4.69) is 37.2 Å². The van der Waals surface area contributed by atoms with Crippen LogP contribution in [0.25, 0.3) is 0 Å². The topological polar surface area (TPSA) is 227 Å². The minimum atomic E-state index is -1.26. The zero-order valence-electron chi connectivity index (χ0n) is 28.2. The number of amides is 3. The van der Waals surface area contributed by atoms with Crippen molar-refractivity contribution in [3.8, 4) is 0 Å². The van der Waals surface area contributed by atoms with Crippen LogP contribution < -0.4 is 37.2 Å². The first-order chi connectivity index (χ1) is 22.0. The molecule has 0 bridgehead atoms. The van der Waals surface area contributed by atoms with Crippen LogP contribution in [0.5, 0.6) is 0 Å². The number of aliphatic hydroxyl groups excluding tert-OH is 1. The summed E-state index contributed by atoms with van der Waals surface area (Å²) in [6.45, 7) is 0.445. The molecular formula is C35H75N7O8. The summed E-state index contributed by atoms with van der Waals surface area (Å²) >= 11 is 0. The van der Waals surface area contributed by atoms with Gasteiger partial charge in [-0.05, 0) is 79.8 Å². The van der Waals surface area contributed by atoms with Gasteiger partial charge in [-0.1, -0.05) is 49.0 Å². The van der Waals surface area contributed by atoms with Crippen molar-refractivity contribution < 1.29 is 39.0 Å². The number of ketones is 2. The Morgan fingerprint density at radius 2 is 1.02 bits per heavy atom. The highest BCUT2D eigenvalue weighted by Crippen LogP contribution is 2.17. The first-order valence-corrected chi connectivity index (χ1v) is 16.4. The number of carboxylic acids is 1. The van der Waals surface area contributed by atoms with Gasteiger partial charge in [0.05, 0.1) is 31.2 Å². The molecule has 9 N–H and O–H groups in total. The van der Waals surface area contributed by atoms with E-state index in [1.165, 1.54) is 0 Å². The molecule has 0 aromatic carbocycles. The van der Waals surface area contributed by atoms with Gasteiger partial charge in [-0.3, -0.25) is 28.8 Å². The minimum absolute atomic E-state index is 0. The average Bonchev–Trinajstić information content (AvgIpc) is 3.04. The summed E-state index contributed by atoms with van der Waals surface area (Å²) in [6, 6.07) is -0.694. The Morgan fingerprint density at radius 1 is 0.540 bits per heavy atom. The molecule has 4 unspecified atom stereocenters. The SMILES string of the molecule is C.C.C.C.CNCCCCC(NC)C(=O)CC(CCCCNC(=O)C(CCCCNC)NC)C(=O)NCC(=O)CC(CO)C(=O)NCC(=O)O. The highest BCUT2D eigenvalue weighted by Gasteiger charge is 2.27. The Hall–Kier alpha value is -2.98. The number of aliphatic hydroxyl groups is 1. The van der Waals surface area contributed by atoms with Gasteiger partial charge in [0, 0.05) is 25.3 Å². The van der Waals surface area contributed by atoms with E-state index in [4.69, 9.17) is 5.11 Å². The van der Waals surface area contributed by atoms with Gasteiger partial charge in [0.2, 0.25) is 17.7 Å². The molecule has 0 radical (unpaired) electrons. The number of hydrogen-bond donors (Lipinski definition) is 9. The first kappa shape index (κ1) is 56.4. The number of nitrogens with one attached hydrogen (secondary N) is 7. The zero-order chi connectivity index (χ0) is 34.7. The van der Waals surface area contributed by atoms with Crippen LogP contribution in [0.1, 0.15) is 100 Å². The van der Waals surface area contributed by atoms with Crippen molar-refractivity contribution in [2.45, 2.75) is 112 Å². The normalized spacial score (nSPS) is 12.6. The number of carbonyl (C=O) groups excluding carboxylic acids is 5. The molecule has 0 aromatic rings. The summed E-state index contributed by atoms with van der Waals surface area (Å²) in [6.07, 6.45) is 6.11. The fourth-order valence-corrected chi connectivity index (χ4v) is 4.96. The number of hydrogen-bond acceptors (Lipinski definition) is 11. The molecule has 0 fully saturated rings. The van der Waals surface area contributed by atoms with E-state index in [9.17, 15) is 33.9 Å². The van der Waals surface area contributed by atoms with Crippen molar-refractivity contribution in [2.75, 3.05) is 67.5 Å². The maximum atomic E-state index is 13.2. The second kappa shape index (κ2) is 35.8. The molecule has 0 spiro atoms. The number of carbonyl (C=O) groups is 6. The molecule has 50 heavy (non-hydrogen) atoms. The Kier molecular flexibility index (Phi) is 40.4. The number of unbranched alkanes of at least 4 members (excludes halogenated alkanes) is 3. The van der Waals surface area contributed by atoms with Crippen LogP contribution in [0.4, 0.5) is 0 Å². The molecular weight excluding hydrogens is 646 g/mol. The monoisotopic (exact) mass is 722 g/mol. The Morgan fingerprint density at radius 3 is 1.52 bits per heavy atom. The first-order valence-electron chi connectivity index (χ1n) is 16.4. The Bertz CT molecular complexity index is 923. The van der Waals surface area contributed by atoms with E-state index < -0.39 is 61.1 Å². The Balaban J connectivity index is -0.00000169. The van der Waals surface area contributed by atoms with Gasteiger partial charge in [0.25, 0.3) is 0 Å². The van der Waals surface area contributed by atoms with Crippen LogP contribution in [0.2, 0.25) is 0 Å². The third-order valence-corrected chi connectivity index (χ3v) is 7.78. The molecule has 0 aliphatic rings. The van der Waals surface area contributed by atoms with E-state index in [0.29, 0.717) is 32.2 Å². The second-order valence-electron chi connectivity index (χ2n) is 11.5. The van der Waals surface area contributed by atoms with E-state index >= 15 is 0 Å². The minimum Gasteiger partial charge on any atom is -0.480 e. The molecule has 0 rings (SSSR count). The molecule has 0 saturated carbocycles. The van der Waals surface area contributed by atoms with Crippen molar-refractivity contribution in [1.82, 2.24) is 37.2 Å². The lowest BCUT2D eigenvalue weighted by atomic mass is 9.91. The summed E-state index contributed by atoms with van der Waals surface area (Å²) in [7, 11) is 7.22. The van der Waals surface area contributed by atoms with Crippen LogP contribution in [-0.2, 0) is 28.8 Å². The molecule has 0 aromatic heterocycles. The van der Waals surface area contributed by atoms with Crippen LogP contribution >= 0.6 is 0 Å². The summed E-state index contributed by atoms with van der Waals surface area (Å²) in [5, 5.41) is 38.1. The smallest absolute Gasteiger partial charge is 0.322 e. The van der Waals surface area contributed by atoms with Gasteiger partial charge in [-0.25, -0.2) is 0 Å². The molecule has 0 aliphatic heterocycles. The van der Waals surface area contributed by atoms with Crippen molar-refractivity contribution in [2.24, 2.45) is 11.8 Å². The second-order valence-corrected chi connectivity index (χ2v) is 11.5. The molecule has 0 aliphatic carbocycles. The molecule has 0 heterocycles. The molecule has 298 valence electrons. The van der Waals surface area contributed by atoms with Crippen LogP contribution in [0, 0.1) is 11.8 Å². The van der Waals surface area contributed by atoms with Crippen LogP contribution in [0.15, 0.2) is 0 Å². The van der Waals surface area contributed by atoms with Crippen molar-refractivity contribution in [3.63, 3.8) is 0 Å². The fraction of sp³-hybridized carbons (Fsp3) is 0.829. The van der Waals surface area contributed by atoms with Crippen molar-refractivity contribution in [1.29, 1.82) is 0 Å². The molecule has 0 saturated heterocycles. The van der Waals surface area contributed by atoms with Gasteiger partial charge < -0.3 is 47.4 Å². The third-order valence-electron chi connectivity index (χ3n) is 7.78. The summed E-state index contributed by atoms with van der Waals surface area (Å²) in [5.41, 5.74) is 0. The van der Waals surface area contributed by atoms with Crippen LogP contribution in [-0.4, -0.2) is 125 Å². The zero-order valence-corrected chi connectivity index (χ0v) is 28.2. The lowest BCUT2D eigenvalue weighted by Gasteiger charge is -2.21. The van der Waals surface area contributed by atoms with Gasteiger partial charge in [-0.15, -0.1) is 0 Å². The van der Waals surface area contributed by atoms with Gasteiger partial charge in [0.1, 0.15) is 6.54 Å². The number of rotatable bonds is 30. The van der Waals surface area contributed by atoms with Gasteiger partial charge >= 0.3 is 5.97 Å². The van der Waals surface area contributed by atoms with E-state index in [1.54, 1.807) is 14.1 Å². The largest absolute Gasteiger partial charge is 0.480 e. The number of aliphatic carboxylic acids is 1. The number of likely N-dealkylation sites (N-methyl/N-ethyl adjacent to an activating group) is 2.